The minimum atomic E-state index is -0.103. The molecule has 0 bridgehead atoms. The molecule has 0 atom stereocenters. The summed E-state index contributed by atoms with van der Waals surface area (Å²) in [6.07, 6.45) is 11.9. The maximum atomic E-state index is 5.83. The average molecular weight is 441 g/mol. The summed E-state index contributed by atoms with van der Waals surface area (Å²) in [7, 11) is 0. The van der Waals surface area contributed by atoms with Gasteiger partial charge in [-0.1, -0.05) is 30.4 Å². The van der Waals surface area contributed by atoms with Gasteiger partial charge in [-0.3, -0.25) is 0 Å². The number of aromatic nitrogens is 4. The van der Waals surface area contributed by atoms with Gasteiger partial charge in [-0.05, 0) is 60.4 Å². The summed E-state index contributed by atoms with van der Waals surface area (Å²) in [6, 6.07) is 12.7. The maximum Gasteiger partial charge on any atom is 0.296 e. The van der Waals surface area contributed by atoms with Gasteiger partial charge in [-0.2, -0.15) is 5.21 Å². The van der Waals surface area contributed by atoms with E-state index < -0.39 is 0 Å². The third kappa shape index (κ3) is 3.77. The predicted octanol–water partition coefficient (Wildman–Crippen LogP) is 4.15. The highest BCUT2D eigenvalue weighted by molar-refractivity contribution is 5.80. The SMILES string of the molecule is C#CCOc1ccc2c(c1)C1(CCCCC1)c1cc(N=[N+]=C)ccc1N2CCc1nn[nH]n1. The highest BCUT2D eigenvalue weighted by atomic mass is 16.5. The molecule has 33 heavy (non-hydrogen) atoms. The van der Waals surface area contributed by atoms with E-state index in [1.807, 2.05) is 12.1 Å². The van der Waals surface area contributed by atoms with Crippen molar-refractivity contribution in [2.45, 2.75) is 43.9 Å². The van der Waals surface area contributed by atoms with Crippen molar-refractivity contribution in [3.63, 3.8) is 0 Å². The fourth-order valence-electron chi connectivity index (χ4n) is 5.35. The number of hydrogen-bond donors (Lipinski definition) is 1. The van der Waals surface area contributed by atoms with Gasteiger partial charge in [-0.25, -0.2) is 0 Å². The molecule has 3 aromatic rings. The molecule has 1 N–H and O–H groups in total. The van der Waals surface area contributed by atoms with Gasteiger partial charge in [0, 0.05) is 34.5 Å². The van der Waals surface area contributed by atoms with Crippen LogP contribution >= 0.6 is 0 Å². The first-order valence-corrected chi connectivity index (χ1v) is 11.3. The van der Waals surface area contributed by atoms with E-state index in [4.69, 9.17) is 11.2 Å². The Morgan fingerprint density at radius 3 is 2.67 bits per heavy atom. The Balaban J connectivity index is 1.67. The molecule has 0 saturated heterocycles. The zero-order chi connectivity index (χ0) is 22.7. The van der Waals surface area contributed by atoms with Gasteiger partial charge in [0.05, 0.1) is 0 Å². The molecule has 5 rings (SSSR count). The van der Waals surface area contributed by atoms with Crippen LogP contribution in [0.5, 0.6) is 5.75 Å². The van der Waals surface area contributed by atoms with Crippen molar-refractivity contribution in [2.75, 3.05) is 18.1 Å². The molecule has 1 fully saturated rings. The number of ether oxygens (including phenoxy) is 1. The Kier molecular flexibility index (Phi) is 5.64. The molecule has 1 spiro atoms. The van der Waals surface area contributed by atoms with Crippen molar-refractivity contribution < 1.29 is 9.53 Å². The average Bonchev–Trinajstić information content (AvgIpc) is 3.38. The molecule has 8 heteroatoms. The van der Waals surface area contributed by atoms with Crippen LogP contribution in [0.1, 0.15) is 49.1 Å². The monoisotopic (exact) mass is 440 g/mol. The zero-order valence-corrected chi connectivity index (χ0v) is 18.5. The van der Waals surface area contributed by atoms with Crippen LogP contribution in [0.15, 0.2) is 41.5 Å². The summed E-state index contributed by atoms with van der Waals surface area (Å²) >= 11 is 0. The van der Waals surface area contributed by atoms with Gasteiger partial charge in [0.15, 0.2) is 5.82 Å². The molecular formula is C25H26N7O+. The molecule has 1 saturated carbocycles. The number of tetrazole rings is 1. The number of terminal acetylenes is 1. The fraction of sp³-hybridized carbons (Fsp3) is 0.360. The largest absolute Gasteiger partial charge is 0.481 e. The summed E-state index contributed by atoms with van der Waals surface area (Å²) < 4.78 is 5.83. The van der Waals surface area contributed by atoms with Gasteiger partial charge in [-0.15, -0.1) is 16.6 Å². The van der Waals surface area contributed by atoms with E-state index in [0.717, 1.165) is 30.8 Å². The number of fused-ring (bicyclic) bond motifs is 4. The minimum Gasteiger partial charge on any atom is -0.481 e. The minimum absolute atomic E-state index is 0.103. The van der Waals surface area contributed by atoms with Crippen molar-refractivity contribution in [1.29, 1.82) is 0 Å². The Hall–Kier alpha value is -3.95. The van der Waals surface area contributed by atoms with E-state index in [9.17, 15) is 0 Å². The van der Waals surface area contributed by atoms with Gasteiger partial charge >= 0.3 is 0 Å². The van der Waals surface area contributed by atoms with Crippen molar-refractivity contribution in [3.8, 4) is 18.1 Å². The first kappa shape index (κ1) is 20.9. The summed E-state index contributed by atoms with van der Waals surface area (Å²) in [5, 5.41) is 18.7. The Bertz CT molecular complexity index is 1230. The summed E-state index contributed by atoms with van der Waals surface area (Å²) in [5.74, 6) is 4.05. The molecule has 8 nitrogen and oxygen atoms in total. The molecule has 0 amide bonds. The molecule has 0 radical (unpaired) electrons. The number of aromatic amines is 1. The molecule has 2 heterocycles. The molecule has 1 aliphatic heterocycles. The molecule has 2 aromatic carbocycles. The maximum absolute atomic E-state index is 5.83. The Morgan fingerprint density at radius 2 is 1.94 bits per heavy atom. The van der Waals surface area contributed by atoms with Gasteiger partial charge < -0.3 is 9.64 Å². The van der Waals surface area contributed by atoms with Crippen LogP contribution < -0.4 is 9.64 Å². The van der Waals surface area contributed by atoms with Crippen molar-refractivity contribution in [1.82, 2.24) is 20.6 Å². The van der Waals surface area contributed by atoms with Crippen molar-refractivity contribution in [3.05, 3.63) is 53.3 Å². The highest BCUT2D eigenvalue weighted by Gasteiger charge is 2.44. The second-order valence-electron chi connectivity index (χ2n) is 8.49. The summed E-state index contributed by atoms with van der Waals surface area (Å²) in [6.45, 7) is 4.51. The molecule has 166 valence electrons. The lowest BCUT2D eigenvalue weighted by molar-refractivity contribution is -0.0631. The number of benzene rings is 2. The van der Waals surface area contributed by atoms with Crippen LogP contribution in [0.4, 0.5) is 17.1 Å². The van der Waals surface area contributed by atoms with Crippen LogP contribution in [0.3, 0.4) is 0 Å². The number of nitrogens with zero attached hydrogens (tertiary/aromatic N) is 6. The first-order chi connectivity index (χ1) is 16.2. The molecule has 2 aliphatic rings. The molecule has 1 aliphatic carbocycles. The Morgan fingerprint density at radius 1 is 1.15 bits per heavy atom. The van der Waals surface area contributed by atoms with Crippen LogP contribution in [0, 0.1) is 12.3 Å². The second kappa shape index (κ2) is 8.89. The number of anilines is 2. The summed E-state index contributed by atoms with van der Waals surface area (Å²) in [4.78, 5) is 6.11. The zero-order valence-electron chi connectivity index (χ0n) is 18.5. The van der Waals surface area contributed by atoms with E-state index >= 15 is 0 Å². The second-order valence-corrected chi connectivity index (χ2v) is 8.49. The normalized spacial score (nSPS) is 15.8. The molecule has 0 unspecified atom stereocenters. The van der Waals surface area contributed by atoms with E-state index in [-0.39, 0.29) is 12.0 Å². The topological polar surface area (TPSA) is 93.4 Å². The number of hydrogen-bond acceptors (Lipinski definition) is 6. The van der Waals surface area contributed by atoms with E-state index in [0.29, 0.717) is 12.2 Å². The lowest BCUT2D eigenvalue weighted by Gasteiger charge is -2.47. The third-order valence-corrected chi connectivity index (χ3v) is 6.72. The lowest BCUT2D eigenvalue weighted by Crippen LogP contribution is -2.39. The predicted molar refractivity (Wildman–Crippen MR) is 125 cm³/mol. The molecular weight excluding hydrogens is 414 g/mol. The van der Waals surface area contributed by atoms with Crippen molar-refractivity contribution in [2.24, 2.45) is 5.11 Å². The highest BCUT2D eigenvalue weighted by Crippen LogP contribution is 2.56. The third-order valence-electron chi connectivity index (χ3n) is 6.72. The first-order valence-electron chi connectivity index (χ1n) is 11.3. The van der Waals surface area contributed by atoms with E-state index in [1.54, 1.807) is 0 Å². The smallest absolute Gasteiger partial charge is 0.296 e. The van der Waals surface area contributed by atoms with Gasteiger partial charge in [0.25, 0.3) is 6.72 Å². The number of nitrogens with one attached hydrogen (secondary N) is 1. The molecule has 1 aromatic heterocycles. The van der Waals surface area contributed by atoms with Crippen LogP contribution in [-0.2, 0) is 11.8 Å². The fourth-order valence-corrected chi connectivity index (χ4v) is 5.35. The van der Waals surface area contributed by atoms with E-state index in [2.05, 4.69) is 72.3 Å². The lowest BCUT2D eigenvalue weighted by atomic mass is 9.62. The van der Waals surface area contributed by atoms with Crippen LogP contribution in [0.25, 0.3) is 0 Å². The van der Waals surface area contributed by atoms with Crippen LogP contribution in [0.2, 0.25) is 0 Å². The van der Waals surface area contributed by atoms with Gasteiger partial charge in [0.1, 0.15) is 23.2 Å². The summed E-state index contributed by atoms with van der Waals surface area (Å²) in [5.41, 5.74) is 5.65. The standard InChI is InChI=1S/C25H26N7O/c1-3-15-33-19-8-10-23-21(17-19)25(12-5-4-6-13-25)20-16-18(27-26-2)7-9-22(20)32(23)14-11-24-28-30-31-29-24/h1,7-10,16-17H,2,4-6,11-15H2,(H,28,29,30,31)/q+1. The Labute approximate surface area is 192 Å². The number of rotatable bonds is 6. The van der Waals surface area contributed by atoms with Crippen molar-refractivity contribution >= 4 is 23.8 Å². The van der Waals surface area contributed by atoms with E-state index in [1.165, 1.54) is 41.8 Å². The quantitative estimate of drug-likeness (QED) is 0.269. The van der Waals surface area contributed by atoms with Gasteiger partial charge in [0.2, 0.25) is 0 Å². The van der Waals surface area contributed by atoms with Crippen LogP contribution in [-0.4, -0.2) is 45.3 Å². The number of H-pyrrole nitrogens is 1.